The fourth-order valence-corrected chi connectivity index (χ4v) is 2.19. The molecule has 0 radical (unpaired) electrons. The Morgan fingerprint density at radius 3 is 2.32 bits per heavy atom. The van der Waals surface area contributed by atoms with Crippen LogP contribution in [0.15, 0.2) is 0 Å². The van der Waals surface area contributed by atoms with Crippen LogP contribution in [0.3, 0.4) is 0 Å². The third kappa shape index (κ3) is 6.08. The van der Waals surface area contributed by atoms with Gasteiger partial charge in [0.1, 0.15) is 0 Å². The van der Waals surface area contributed by atoms with Crippen molar-refractivity contribution in [3.8, 4) is 0 Å². The van der Waals surface area contributed by atoms with Gasteiger partial charge >= 0.3 is 12.0 Å². The maximum atomic E-state index is 11.5. The highest BCUT2D eigenvalue weighted by Crippen LogP contribution is 2.24. The van der Waals surface area contributed by atoms with Crippen molar-refractivity contribution in [2.24, 2.45) is 11.7 Å². The average molecular weight is 271 g/mol. The number of hydrogen-bond donors (Lipinski definition) is 4. The van der Waals surface area contributed by atoms with Crippen LogP contribution in [0.1, 0.15) is 38.5 Å². The van der Waals surface area contributed by atoms with Crippen LogP contribution in [-0.4, -0.2) is 35.6 Å². The third-order valence-electron chi connectivity index (χ3n) is 3.30. The molecule has 0 aromatic rings. The molecule has 1 saturated carbocycles. The van der Waals surface area contributed by atoms with Crippen LogP contribution >= 0.6 is 0 Å². The molecule has 0 heterocycles. The van der Waals surface area contributed by atoms with E-state index in [-0.39, 0.29) is 30.3 Å². The summed E-state index contributed by atoms with van der Waals surface area (Å²) in [5, 5.41) is 14.3. The van der Waals surface area contributed by atoms with Gasteiger partial charge in [-0.1, -0.05) is 0 Å². The van der Waals surface area contributed by atoms with Crippen molar-refractivity contribution in [1.82, 2.24) is 10.6 Å². The zero-order chi connectivity index (χ0) is 14.3. The molecule has 0 aromatic heterocycles. The van der Waals surface area contributed by atoms with Crippen LogP contribution in [0.25, 0.3) is 0 Å². The van der Waals surface area contributed by atoms with Crippen LogP contribution in [-0.2, 0) is 9.59 Å². The van der Waals surface area contributed by atoms with Gasteiger partial charge in [0.2, 0.25) is 5.91 Å². The van der Waals surface area contributed by atoms with E-state index >= 15 is 0 Å². The lowest BCUT2D eigenvalue weighted by Crippen LogP contribution is -2.44. The number of rotatable bonds is 6. The molecule has 0 unspecified atom stereocenters. The molecule has 108 valence electrons. The zero-order valence-corrected chi connectivity index (χ0v) is 10.9. The topological polar surface area (TPSA) is 122 Å². The van der Waals surface area contributed by atoms with Crippen molar-refractivity contribution >= 4 is 17.9 Å². The quantitative estimate of drug-likeness (QED) is 0.515. The second-order valence-electron chi connectivity index (χ2n) is 4.86. The molecule has 7 nitrogen and oxygen atoms in total. The molecule has 1 aliphatic carbocycles. The number of hydrogen-bond acceptors (Lipinski definition) is 3. The smallest absolute Gasteiger partial charge is 0.315 e. The summed E-state index contributed by atoms with van der Waals surface area (Å²) in [6.07, 6.45) is 3.35. The summed E-state index contributed by atoms with van der Waals surface area (Å²) in [6.45, 7) is 0.402. The second kappa shape index (κ2) is 7.60. The molecule has 1 aliphatic rings. The van der Waals surface area contributed by atoms with E-state index in [4.69, 9.17) is 10.8 Å². The molecule has 0 aromatic carbocycles. The molecule has 0 bridgehead atoms. The van der Waals surface area contributed by atoms with Crippen LogP contribution in [0.5, 0.6) is 0 Å². The highest BCUT2D eigenvalue weighted by molar-refractivity contribution is 5.75. The van der Waals surface area contributed by atoms with Gasteiger partial charge in [-0.25, -0.2) is 4.79 Å². The Hall–Kier alpha value is -1.79. The van der Waals surface area contributed by atoms with E-state index in [0.717, 1.165) is 0 Å². The fraction of sp³-hybridized carbons (Fsp3) is 0.750. The van der Waals surface area contributed by atoms with Gasteiger partial charge < -0.3 is 21.5 Å². The Bertz CT molecular complexity index is 338. The van der Waals surface area contributed by atoms with E-state index in [1.165, 1.54) is 0 Å². The molecular weight excluding hydrogens is 250 g/mol. The molecule has 5 N–H and O–H groups in total. The van der Waals surface area contributed by atoms with Gasteiger partial charge in [-0.15, -0.1) is 0 Å². The van der Waals surface area contributed by atoms with Crippen molar-refractivity contribution < 1.29 is 19.5 Å². The number of carboxylic acid groups (broad SMARTS) is 1. The van der Waals surface area contributed by atoms with Crippen LogP contribution < -0.4 is 16.4 Å². The van der Waals surface area contributed by atoms with Crippen molar-refractivity contribution in [2.75, 3.05) is 6.54 Å². The first-order valence-electron chi connectivity index (χ1n) is 6.54. The number of carbonyl (C=O) groups excluding carboxylic acids is 2. The predicted octanol–water partition coefficient (Wildman–Crippen LogP) is 0.194. The van der Waals surface area contributed by atoms with E-state index in [2.05, 4.69) is 10.6 Å². The summed E-state index contributed by atoms with van der Waals surface area (Å²) >= 11 is 0. The maximum absolute atomic E-state index is 11.5. The lowest BCUT2D eigenvalue weighted by atomic mass is 9.86. The summed E-state index contributed by atoms with van der Waals surface area (Å²) in [5.41, 5.74) is 4.98. The summed E-state index contributed by atoms with van der Waals surface area (Å²) < 4.78 is 0. The number of aliphatic carboxylic acids is 1. The molecule has 1 rings (SSSR count). The number of carboxylic acids is 1. The molecular formula is C12H21N3O4. The lowest BCUT2D eigenvalue weighted by molar-refractivity contribution is -0.142. The van der Waals surface area contributed by atoms with Crippen LogP contribution in [0, 0.1) is 5.92 Å². The zero-order valence-electron chi connectivity index (χ0n) is 10.9. The molecule has 0 aliphatic heterocycles. The third-order valence-corrected chi connectivity index (χ3v) is 3.30. The van der Waals surface area contributed by atoms with Crippen molar-refractivity contribution in [3.05, 3.63) is 0 Å². The summed E-state index contributed by atoms with van der Waals surface area (Å²) in [7, 11) is 0. The summed E-state index contributed by atoms with van der Waals surface area (Å²) in [4.78, 5) is 32.8. The van der Waals surface area contributed by atoms with Gasteiger partial charge in [0, 0.05) is 19.0 Å². The van der Waals surface area contributed by atoms with E-state index < -0.39 is 5.97 Å². The minimum atomic E-state index is -0.755. The van der Waals surface area contributed by atoms with E-state index in [0.29, 0.717) is 38.6 Å². The van der Waals surface area contributed by atoms with E-state index in [1.807, 2.05) is 0 Å². The Morgan fingerprint density at radius 1 is 1.16 bits per heavy atom. The van der Waals surface area contributed by atoms with E-state index in [1.54, 1.807) is 0 Å². The Kier molecular flexibility index (Phi) is 6.11. The average Bonchev–Trinajstić information content (AvgIpc) is 2.35. The number of nitrogens with two attached hydrogens (primary N) is 1. The van der Waals surface area contributed by atoms with Crippen LogP contribution in [0.2, 0.25) is 0 Å². The van der Waals surface area contributed by atoms with Crippen LogP contribution in [0.4, 0.5) is 4.79 Å². The largest absolute Gasteiger partial charge is 0.481 e. The Balaban J connectivity index is 2.13. The van der Waals surface area contributed by atoms with Gasteiger partial charge in [0.25, 0.3) is 0 Å². The highest BCUT2D eigenvalue weighted by Gasteiger charge is 2.26. The standard InChI is InChI=1S/C12H21N3O4/c13-10(16)2-1-7-14-12(19)15-9-5-3-8(4-6-9)11(17)18/h8-9H,1-7H2,(H2,13,16)(H,17,18)(H2,14,15,19). The van der Waals surface area contributed by atoms with Gasteiger partial charge in [0.15, 0.2) is 0 Å². The van der Waals surface area contributed by atoms with E-state index in [9.17, 15) is 14.4 Å². The number of urea groups is 1. The molecule has 0 atom stereocenters. The van der Waals surface area contributed by atoms with Gasteiger partial charge in [-0.05, 0) is 32.1 Å². The molecule has 7 heteroatoms. The second-order valence-corrected chi connectivity index (χ2v) is 4.86. The monoisotopic (exact) mass is 271 g/mol. The first kappa shape index (κ1) is 15.3. The molecule has 3 amide bonds. The normalized spacial score (nSPS) is 22.5. The van der Waals surface area contributed by atoms with Crippen molar-refractivity contribution in [1.29, 1.82) is 0 Å². The minimum absolute atomic E-state index is 0.0340. The SMILES string of the molecule is NC(=O)CCCNC(=O)NC1CCC(C(=O)O)CC1. The molecule has 0 saturated heterocycles. The number of nitrogens with one attached hydrogen (secondary N) is 2. The molecule has 0 spiro atoms. The number of carbonyl (C=O) groups is 3. The Labute approximate surface area is 111 Å². The first-order valence-corrected chi connectivity index (χ1v) is 6.54. The summed E-state index contributed by atoms with van der Waals surface area (Å²) in [6, 6.07) is -0.241. The van der Waals surface area contributed by atoms with Crippen molar-refractivity contribution in [2.45, 2.75) is 44.6 Å². The fourth-order valence-electron chi connectivity index (χ4n) is 2.19. The lowest BCUT2D eigenvalue weighted by Gasteiger charge is -2.26. The van der Waals surface area contributed by atoms with Crippen molar-refractivity contribution in [3.63, 3.8) is 0 Å². The minimum Gasteiger partial charge on any atom is -0.481 e. The van der Waals surface area contributed by atoms with Gasteiger partial charge in [-0.2, -0.15) is 0 Å². The maximum Gasteiger partial charge on any atom is 0.315 e. The molecule has 1 fully saturated rings. The Morgan fingerprint density at radius 2 is 1.79 bits per heavy atom. The number of amides is 3. The molecule has 19 heavy (non-hydrogen) atoms. The predicted molar refractivity (Wildman–Crippen MR) is 68.3 cm³/mol. The van der Waals surface area contributed by atoms with Gasteiger partial charge in [-0.3, -0.25) is 9.59 Å². The first-order chi connectivity index (χ1) is 8.99. The van der Waals surface area contributed by atoms with Gasteiger partial charge in [0.05, 0.1) is 5.92 Å². The highest BCUT2D eigenvalue weighted by atomic mass is 16.4. The summed E-state index contributed by atoms with van der Waals surface area (Å²) in [5.74, 6) is -1.42. The number of primary amides is 1.